The lowest BCUT2D eigenvalue weighted by Crippen LogP contribution is -2.51. The summed E-state index contributed by atoms with van der Waals surface area (Å²) in [5, 5.41) is 0.302. The Morgan fingerprint density at radius 3 is 2.50 bits per heavy atom. The molecule has 0 aliphatic heterocycles. The van der Waals surface area contributed by atoms with E-state index in [1.165, 1.54) is 70.6 Å². The van der Waals surface area contributed by atoms with Gasteiger partial charge in [0.25, 0.3) is 0 Å². The summed E-state index contributed by atoms with van der Waals surface area (Å²) in [6.07, 6.45) is 18.1. The molecule has 0 spiro atoms. The van der Waals surface area contributed by atoms with Gasteiger partial charge in [-0.25, -0.2) is 0 Å². The number of hydrogen-bond acceptors (Lipinski definition) is 0. The van der Waals surface area contributed by atoms with E-state index in [0.717, 1.165) is 35.5 Å². The van der Waals surface area contributed by atoms with Gasteiger partial charge in [0.05, 0.1) is 5.38 Å². The van der Waals surface area contributed by atoms with Crippen molar-refractivity contribution in [2.24, 2.45) is 46.3 Å². The molecule has 0 aromatic rings. The van der Waals surface area contributed by atoms with Gasteiger partial charge in [0, 0.05) is 0 Å². The van der Waals surface area contributed by atoms with Crippen molar-refractivity contribution in [3.63, 3.8) is 0 Å². The zero-order valence-electron chi connectivity index (χ0n) is 19.3. The monoisotopic (exact) mass is 404 g/mol. The van der Waals surface area contributed by atoms with Crippen LogP contribution in [0.3, 0.4) is 0 Å². The molecule has 0 amide bonds. The Labute approximate surface area is 180 Å². The lowest BCUT2D eigenvalue weighted by Gasteiger charge is -2.59. The molecule has 8 atom stereocenters. The van der Waals surface area contributed by atoms with Crippen LogP contribution in [0.15, 0.2) is 11.6 Å². The summed E-state index contributed by atoms with van der Waals surface area (Å²) in [7, 11) is 0. The van der Waals surface area contributed by atoms with Crippen LogP contribution in [0.4, 0.5) is 0 Å². The summed E-state index contributed by atoms with van der Waals surface area (Å²) in [4.78, 5) is 0. The minimum atomic E-state index is 0.302. The molecule has 1 heteroatoms. The maximum Gasteiger partial charge on any atom is 0.0519 e. The molecule has 3 fully saturated rings. The van der Waals surface area contributed by atoms with Crippen LogP contribution >= 0.6 is 11.6 Å². The van der Waals surface area contributed by atoms with E-state index in [-0.39, 0.29) is 0 Å². The topological polar surface area (TPSA) is 0 Å². The van der Waals surface area contributed by atoms with Gasteiger partial charge in [-0.05, 0) is 97.7 Å². The third kappa shape index (κ3) is 3.52. The van der Waals surface area contributed by atoms with E-state index in [2.05, 4.69) is 40.7 Å². The standard InChI is InChI=1S/C27H45Cl/c1-18(2)7-6-8-19(3)23-11-12-24-22-10-9-20-17-21(28)13-15-26(20,4)25(22)14-16-27(23,24)5/h17-19,21-25H,6-16H2,1-5H3/t19-,21?,22+,23-,24+,25+,26+,27-/m1/s1. The van der Waals surface area contributed by atoms with E-state index in [1.54, 1.807) is 5.57 Å². The zero-order chi connectivity index (χ0) is 20.1. The van der Waals surface area contributed by atoms with Crippen molar-refractivity contribution in [2.75, 3.05) is 0 Å². The zero-order valence-corrected chi connectivity index (χ0v) is 20.0. The molecule has 4 aliphatic rings. The normalized spacial score (nSPS) is 46.5. The Bertz CT molecular complexity index is 591. The molecule has 0 heterocycles. The van der Waals surface area contributed by atoms with Gasteiger partial charge < -0.3 is 0 Å². The fraction of sp³-hybridized carbons (Fsp3) is 0.926. The van der Waals surface area contributed by atoms with E-state index >= 15 is 0 Å². The number of hydrogen-bond donors (Lipinski definition) is 0. The van der Waals surface area contributed by atoms with Gasteiger partial charge in [-0.2, -0.15) is 0 Å². The van der Waals surface area contributed by atoms with Crippen molar-refractivity contribution in [1.82, 2.24) is 0 Å². The van der Waals surface area contributed by atoms with Gasteiger partial charge in [-0.1, -0.05) is 65.5 Å². The fourth-order valence-electron chi connectivity index (χ4n) is 8.71. The number of alkyl halides is 1. The van der Waals surface area contributed by atoms with Gasteiger partial charge in [0.15, 0.2) is 0 Å². The maximum atomic E-state index is 6.52. The molecule has 0 aromatic heterocycles. The quantitative estimate of drug-likeness (QED) is 0.317. The molecule has 0 saturated heterocycles. The summed E-state index contributed by atoms with van der Waals surface area (Å²) in [6, 6.07) is 0. The Hall–Kier alpha value is 0.0300. The van der Waals surface area contributed by atoms with Crippen molar-refractivity contribution in [3.05, 3.63) is 11.6 Å². The number of allylic oxidation sites excluding steroid dienone is 2. The minimum Gasteiger partial charge on any atom is -0.118 e. The number of rotatable bonds is 5. The van der Waals surface area contributed by atoms with Crippen LogP contribution in [-0.4, -0.2) is 5.38 Å². The van der Waals surface area contributed by atoms with Crippen LogP contribution in [0.2, 0.25) is 0 Å². The molecule has 160 valence electrons. The molecule has 0 nitrogen and oxygen atoms in total. The molecule has 0 N–H and O–H groups in total. The smallest absolute Gasteiger partial charge is 0.0519 e. The van der Waals surface area contributed by atoms with E-state index in [1.807, 2.05) is 0 Å². The average molecular weight is 405 g/mol. The molecular formula is C27H45Cl. The van der Waals surface area contributed by atoms with E-state index < -0.39 is 0 Å². The Kier molecular flexibility index (Phi) is 6.03. The third-order valence-electron chi connectivity index (χ3n) is 10.3. The van der Waals surface area contributed by atoms with Crippen molar-refractivity contribution in [2.45, 2.75) is 111 Å². The van der Waals surface area contributed by atoms with Crippen molar-refractivity contribution in [1.29, 1.82) is 0 Å². The molecule has 28 heavy (non-hydrogen) atoms. The first-order valence-electron chi connectivity index (χ1n) is 12.6. The average Bonchev–Trinajstić information content (AvgIpc) is 2.99. The molecule has 0 aromatic carbocycles. The van der Waals surface area contributed by atoms with Crippen LogP contribution in [0.1, 0.15) is 105 Å². The molecule has 3 saturated carbocycles. The highest BCUT2D eigenvalue weighted by Crippen LogP contribution is 2.67. The first kappa shape index (κ1) is 21.3. The van der Waals surface area contributed by atoms with Gasteiger partial charge in [0.2, 0.25) is 0 Å². The molecule has 0 bridgehead atoms. The predicted octanol–water partition coefficient (Wildman–Crippen LogP) is 8.64. The van der Waals surface area contributed by atoms with Crippen LogP contribution in [0.5, 0.6) is 0 Å². The van der Waals surface area contributed by atoms with Crippen LogP contribution in [0, 0.1) is 46.3 Å². The van der Waals surface area contributed by atoms with Crippen molar-refractivity contribution in [3.8, 4) is 0 Å². The van der Waals surface area contributed by atoms with Gasteiger partial charge in [-0.3, -0.25) is 0 Å². The molecule has 0 radical (unpaired) electrons. The lowest BCUT2D eigenvalue weighted by molar-refractivity contribution is -0.0591. The van der Waals surface area contributed by atoms with Crippen molar-refractivity contribution >= 4 is 11.6 Å². The largest absolute Gasteiger partial charge is 0.118 e. The maximum absolute atomic E-state index is 6.52. The predicted molar refractivity (Wildman–Crippen MR) is 123 cm³/mol. The van der Waals surface area contributed by atoms with E-state index in [9.17, 15) is 0 Å². The number of fused-ring (bicyclic) bond motifs is 5. The van der Waals surface area contributed by atoms with Crippen LogP contribution in [-0.2, 0) is 0 Å². The molecule has 1 unspecified atom stereocenters. The summed E-state index contributed by atoms with van der Waals surface area (Å²) in [5.74, 6) is 5.68. The van der Waals surface area contributed by atoms with Gasteiger partial charge >= 0.3 is 0 Å². The Balaban J connectivity index is 1.48. The third-order valence-corrected chi connectivity index (χ3v) is 10.6. The first-order chi connectivity index (χ1) is 13.3. The highest BCUT2D eigenvalue weighted by Gasteiger charge is 2.59. The second-order valence-corrected chi connectivity index (χ2v) is 12.7. The van der Waals surface area contributed by atoms with Crippen LogP contribution < -0.4 is 0 Å². The number of halogens is 1. The minimum absolute atomic E-state index is 0.302. The lowest BCUT2D eigenvalue weighted by atomic mass is 9.46. The van der Waals surface area contributed by atoms with E-state index in [4.69, 9.17) is 11.6 Å². The second-order valence-electron chi connectivity index (χ2n) is 12.1. The molecule has 4 aliphatic carbocycles. The summed E-state index contributed by atoms with van der Waals surface area (Å²) in [5.41, 5.74) is 2.83. The van der Waals surface area contributed by atoms with Gasteiger partial charge in [0.1, 0.15) is 0 Å². The summed E-state index contributed by atoms with van der Waals surface area (Å²) < 4.78 is 0. The van der Waals surface area contributed by atoms with Crippen molar-refractivity contribution < 1.29 is 0 Å². The SMILES string of the molecule is CC(C)CCC[C@@H](C)[C@H]1CC[C@H]2[C@@H]3CCC4=CC(Cl)CC[C@]4(C)[C@H]3CC[C@]12C. The van der Waals surface area contributed by atoms with Crippen LogP contribution in [0.25, 0.3) is 0 Å². The fourth-order valence-corrected chi connectivity index (χ4v) is 8.97. The second kappa shape index (κ2) is 7.94. The highest BCUT2D eigenvalue weighted by atomic mass is 35.5. The van der Waals surface area contributed by atoms with Gasteiger partial charge in [-0.15, -0.1) is 11.6 Å². The first-order valence-corrected chi connectivity index (χ1v) is 13.0. The highest BCUT2D eigenvalue weighted by molar-refractivity contribution is 6.21. The summed E-state index contributed by atoms with van der Waals surface area (Å²) in [6.45, 7) is 12.7. The summed E-state index contributed by atoms with van der Waals surface area (Å²) >= 11 is 6.52. The Morgan fingerprint density at radius 2 is 1.75 bits per heavy atom. The van der Waals surface area contributed by atoms with E-state index in [0.29, 0.717) is 16.2 Å². The molecular weight excluding hydrogens is 360 g/mol. The Morgan fingerprint density at radius 1 is 0.964 bits per heavy atom. The molecule has 4 rings (SSSR count).